The molecule has 0 aliphatic carbocycles. The van der Waals surface area contributed by atoms with Gasteiger partial charge < -0.3 is 9.15 Å². The summed E-state index contributed by atoms with van der Waals surface area (Å²) in [6, 6.07) is 25.6. The fourth-order valence-electron chi connectivity index (χ4n) is 3.97. The predicted molar refractivity (Wildman–Crippen MR) is 111 cm³/mol. The van der Waals surface area contributed by atoms with Gasteiger partial charge in [-0.1, -0.05) is 60.7 Å². The quantitative estimate of drug-likeness (QED) is 0.443. The lowest BCUT2D eigenvalue weighted by Gasteiger charge is -2.36. The average molecular weight is 366 g/mol. The Morgan fingerprint density at radius 2 is 1.46 bits per heavy atom. The first-order valence-electron chi connectivity index (χ1n) is 9.24. The van der Waals surface area contributed by atoms with Gasteiger partial charge in [-0.3, -0.25) is 0 Å². The van der Waals surface area contributed by atoms with Crippen molar-refractivity contribution in [3.8, 4) is 5.75 Å². The van der Waals surface area contributed by atoms with Crippen LogP contribution in [0, 0.1) is 6.92 Å². The number of hydrogen-bond acceptors (Lipinski definition) is 3. The van der Waals surface area contributed by atoms with E-state index < -0.39 is 5.60 Å². The van der Waals surface area contributed by atoms with Crippen LogP contribution in [-0.2, 0) is 5.60 Å². The molecule has 136 valence electrons. The zero-order chi connectivity index (χ0) is 19.1. The maximum atomic E-state index is 11.7. The summed E-state index contributed by atoms with van der Waals surface area (Å²) in [5.41, 5.74) is 3.44. The van der Waals surface area contributed by atoms with Crippen LogP contribution in [0.4, 0.5) is 0 Å². The Morgan fingerprint density at radius 3 is 2.11 bits per heavy atom. The molecule has 1 aliphatic heterocycles. The van der Waals surface area contributed by atoms with Crippen LogP contribution in [0.15, 0.2) is 94.2 Å². The first kappa shape index (κ1) is 16.6. The van der Waals surface area contributed by atoms with Crippen molar-refractivity contribution in [3.63, 3.8) is 0 Å². The van der Waals surface area contributed by atoms with E-state index in [1.807, 2.05) is 55.5 Å². The van der Waals surface area contributed by atoms with Crippen molar-refractivity contribution in [2.24, 2.45) is 0 Å². The summed E-state index contributed by atoms with van der Waals surface area (Å²) in [5, 5.41) is 0.906. The maximum Gasteiger partial charge on any atom is 0.336 e. The summed E-state index contributed by atoms with van der Waals surface area (Å²) in [5.74, 6) is 0.764. The average Bonchev–Trinajstić information content (AvgIpc) is 2.74. The molecular formula is C25H18O3. The predicted octanol–water partition coefficient (Wildman–Crippen LogP) is 5.45. The molecule has 3 aromatic carbocycles. The molecule has 0 atom stereocenters. The van der Waals surface area contributed by atoms with Crippen molar-refractivity contribution < 1.29 is 9.15 Å². The van der Waals surface area contributed by atoms with Gasteiger partial charge in [0.2, 0.25) is 0 Å². The molecule has 0 spiro atoms. The minimum Gasteiger partial charge on any atom is -0.473 e. The zero-order valence-corrected chi connectivity index (χ0v) is 15.4. The van der Waals surface area contributed by atoms with Crippen molar-refractivity contribution in [2.45, 2.75) is 12.5 Å². The number of aryl methyl sites for hydroxylation is 1. The highest BCUT2D eigenvalue weighted by Crippen LogP contribution is 2.44. The monoisotopic (exact) mass is 366 g/mol. The van der Waals surface area contributed by atoms with Crippen LogP contribution in [0.5, 0.6) is 5.75 Å². The molecule has 0 N–H and O–H groups in total. The molecule has 0 amide bonds. The van der Waals surface area contributed by atoms with Crippen LogP contribution in [0.1, 0.15) is 22.3 Å². The molecule has 3 nitrogen and oxygen atoms in total. The molecule has 5 rings (SSSR count). The second-order valence-corrected chi connectivity index (χ2v) is 7.00. The highest BCUT2D eigenvalue weighted by atomic mass is 16.5. The summed E-state index contributed by atoms with van der Waals surface area (Å²) in [6.45, 7) is 1.92. The Labute approximate surface area is 162 Å². The summed E-state index contributed by atoms with van der Waals surface area (Å²) in [7, 11) is 0. The molecule has 3 heteroatoms. The number of benzene rings is 3. The van der Waals surface area contributed by atoms with E-state index in [1.165, 1.54) is 6.07 Å². The molecule has 0 fully saturated rings. The maximum absolute atomic E-state index is 11.7. The van der Waals surface area contributed by atoms with E-state index in [9.17, 15) is 4.79 Å². The third kappa shape index (κ3) is 2.48. The van der Waals surface area contributed by atoms with Gasteiger partial charge in [-0.2, -0.15) is 0 Å². The Hall–Kier alpha value is -3.59. The van der Waals surface area contributed by atoms with Gasteiger partial charge in [-0.15, -0.1) is 0 Å². The van der Waals surface area contributed by atoms with E-state index in [4.69, 9.17) is 9.15 Å². The van der Waals surface area contributed by atoms with Crippen LogP contribution in [0.3, 0.4) is 0 Å². The first-order valence-corrected chi connectivity index (χ1v) is 9.24. The topological polar surface area (TPSA) is 39.4 Å². The number of hydrogen-bond donors (Lipinski definition) is 0. The summed E-state index contributed by atoms with van der Waals surface area (Å²) >= 11 is 0. The van der Waals surface area contributed by atoms with Crippen LogP contribution in [0.25, 0.3) is 17.0 Å². The lowest BCUT2D eigenvalue weighted by atomic mass is 9.83. The molecule has 28 heavy (non-hydrogen) atoms. The molecule has 0 radical (unpaired) electrons. The fraction of sp³-hybridized carbons (Fsp3) is 0.0800. The molecule has 0 unspecified atom stereocenters. The number of fused-ring (bicyclic) bond motifs is 3. The van der Waals surface area contributed by atoms with E-state index in [0.29, 0.717) is 5.58 Å². The minimum absolute atomic E-state index is 0.339. The number of ether oxygens (including phenoxy) is 1. The Balaban J connectivity index is 1.77. The highest BCUT2D eigenvalue weighted by molar-refractivity contribution is 5.93. The van der Waals surface area contributed by atoms with E-state index in [-0.39, 0.29) is 5.63 Å². The van der Waals surface area contributed by atoms with E-state index in [2.05, 4.69) is 36.4 Å². The highest BCUT2D eigenvalue weighted by Gasteiger charge is 2.37. The molecule has 4 aromatic rings. The van der Waals surface area contributed by atoms with Crippen LogP contribution in [0.2, 0.25) is 0 Å². The van der Waals surface area contributed by atoms with Gasteiger partial charge in [0.15, 0.2) is 5.60 Å². The van der Waals surface area contributed by atoms with Gasteiger partial charge in [0.25, 0.3) is 0 Å². The van der Waals surface area contributed by atoms with Crippen molar-refractivity contribution in [3.05, 3.63) is 118 Å². The normalized spacial score (nSPS) is 14.5. The molecule has 1 aliphatic rings. The molecule has 1 aromatic heterocycles. The summed E-state index contributed by atoms with van der Waals surface area (Å²) < 4.78 is 12.1. The van der Waals surface area contributed by atoms with Crippen LogP contribution >= 0.6 is 0 Å². The van der Waals surface area contributed by atoms with Crippen LogP contribution < -0.4 is 10.4 Å². The van der Waals surface area contributed by atoms with Gasteiger partial charge in [0, 0.05) is 28.1 Å². The summed E-state index contributed by atoms with van der Waals surface area (Å²) in [4.78, 5) is 11.7. The third-order valence-electron chi connectivity index (χ3n) is 5.27. The van der Waals surface area contributed by atoms with E-state index >= 15 is 0 Å². The molecule has 0 saturated heterocycles. The smallest absolute Gasteiger partial charge is 0.336 e. The minimum atomic E-state index is -0.716. The van der Waals surface area contributed by atoms with Gasteiger partial charge in [0.05, 0.1) is 0 Å². The number of rotatable bonds is 2. The second kappa shape index (κ2) is 6.24. The summed E-state index contributed by atoms with van der Waals surface area (Å²) in [6.07, 6.45) is 4.16. The first-order chi connectivity index (χ1) is 13.7. The van der Waals surface area contributed by atoms with Gasteiger partial charge >= 0.3 is 5.63 Å². The Kier molecular flexibility index (Phi) is 3.69. The zero-order valence-electron chi connectivity index (χ0n) is 15.4. The molecule has 0 bridgehead atoms. The molecular weight excluding hydrogens is 348 g/mol. The van der Waals surface area contributed by atoms with Crippen molar-refractivity contribution >= 4 is 17.0 Å². The SMILES string of the molecule is Cc1cc(=O)oc2ccc3c(c12)C=CC(c1ccccc1)(c1ccccc1)O3. The molecule has 0 saturated carbocycles. The van der Waals surface area contributed by atoms with Crippen molar-refractivity contribution in [1.82, 2.24) is 0 Å². The Bertz CT molecular complexity index is 1210. The Morgan fingerprint density at radius 1 is 0.821 bits per heavy atom. The third-order valence-corrected chi connectivity index (χ3v) is 5.27. The largest absolute Gasteiger partial charge is 0.473 e. The van der Waals surface area contributed by atoms with Gasteiger partial charge in [-0.05, 0) is 36.8 Å². The lowest BCUT2D eigenvalue weighted by Crippen LogP contribution is -2.34. The van der Waals surface area contributed by atoms with Crippen LogP contribution in [-0.4, -0.2) is 0 Å². The molecule has 2 heterocycles. The van der Waals surface area contributed by atoms with Crippen molar-refractivity contribution in [1.29, 1.82) is 0 Å². The van der Waals surface area contributed by atoms with Gasteiger partial charge in [-0.25, -0.2) is 4.79 Å². The lowest BCUT2D eigenvalue weighted by molar-refractivity contribution is 0.161. The van der Waals surface area contributed by atoms with Crippen molar-refractivity contribution in [2.75, 3.05) is 0 Å². The fourth-order valence-corrected chi connectivity index (χ4v) is 3.97. The van der Waals surface area contributed by atoms with E-state index in [1.54, 1.807) is 0 Å². The standard InChI is InChI=1S/C25H18O3/c1-17-16-23(26)27-22-13-12-21-20(24(17)22)14-15-25(28-21,18-8-4-2-5-9-18)19-10-6-3-7-11-19/h2-16H,1H3. The van der Waals surface area contributed by atoms with Gasteiger partial charge in [0.1, 0.15) is 11.3 Å². The second-order valence-electron chi connectivity index (χ2n) is 7.00. The van der Waals surface area contributed by atoms with E-state index in [0.717, 1.165) is 33.4 Å².